The highest BCUT2D eigenvalue weighted by molar-refractivity contribution is 5.67. The van der Waals surface area contributed by atoms with E-state index >= 15 is 0 Å². The van der Waals surface area contributed by atoms with Crippen molar-refractivity contribution in [2.45, 2.75) is 6.92 Å². The van der Waals surface area contributed by atoms with Crippen molar-refractivity contribution in [3.63, 3.8) is 0 Å². The minimum Gasteiger partial charge on any atom is -0.0731 e. The monoisotopic (exact) mass is 159 g/mol. The summed E-state index contributed by atoms with van der Waals surface area (Å²) in [5, 5.41) is 7.70. The molecule has 0 amide bonds. The molecule has 0 saturated carbocycles. The van der Waals surface area contributed by atoms with Crippen molar-refractivity contribution in [3.05, 3.63) is 41.6 Å². The van der Waals surface area contributed by atoms with E-state index in [1.165, 1.54) is 0 Å². The summed E-state index contributed by atoms with van der Waals surface area (Å²) < 4.78 is 0. The molecule has 1 aliphatic rings. The van der Waals surface area contributed by atoms with Gasteiger partial charge >= 0.3 is 5.22 Å². The Kier molecular flexibility index (Phi) is 1.63. The van der Waals surface area contributed by atoms with Gasteiger partial charge < -0.3 is 0 Å². The summed E-state index contributed by atoms with van der Waals surface area (Å²) in [4.78, 5) is 0. The minimum absolute atomic E-state index is 0.926. The molecule has 1 aromatic carbocycles. The topological polar surface area (TPSA) is 38.5 Å². The third kappa shape index (κ3) is 1.09. The van der Waals surface area contributed by atoms with Crippen molar-refractivity contribution in [3.8, 4) is 0 Å². The summed E-state index contributed by atoms with van der Waals surface area (Å²) in [6.07, 6.45) is 0. The van der Waals surface area contributed by atoms with Crippen LogP contribution in [0.4, 0.5) is 0 Å². The predicted molar refractivity (Wildman–Crippen MR) is 46.7 cm³/mol. The summed E-state index contributed by atoms with van der Waals surface area (Å²) in [6.45, 7) is 1.96. The van der Waals surface area contributed by atoms with Gasteiger partial charge in [0.05, 0.1) is 0 Å². The molecule has 1 radical (unpaired) electrons. The Morgan fingerprint density at radius 3 is 2.58 bits per heavy atom. The Hall–Kier alpha value is -1.64. The SMILES string of the molecule is CC1=C(c2ccccc2)N=[N+]N1. The second kappa shape index (κ2) is 2.77. The average Bonchev–Trinajstić information content (AvgIpc) is 2.53. The highest BCUT2D eigenvalue weighted by Gasteiger charge is 2.18. The zero-order chi connectivity index (χ0) is 8.39. The third-order valence-electron chi connectivity index (χ3n) is 1.77. The van der Waals surface area contributed by atoms with Gasteiger partial charge in [-0.25, -0.2) is 0 Å². The summed E-state index contributed by atoms with van der Waals surface area (Å²) in [5.74, 6) is 0. The first-order valence-corrected chi connectivity index (χ1v) is 3.81. The highest BCUT2D eigenvalue weighted by Crippen LogP contribution is 2.19. The molecule has 0 unspecified atom stereocenters. The third-order valence-corrected chi connectivity index (χ3v) is 1.77. The smallest absolute Gasteiger partial charge is 0.0731 e. The molecular weight excluding hydrogens is 150 g/mol. The predicted octanol–water partition coefficient (Wildman–Crippen LogP) is 1.68. The summed E-state index contributed by atoms with van der Waals surface area (Å²) in [6, 6.07) is 10.0. The van der Waals surface area contributed by atoms with Crippen LogP contribution in [0.2, 0.25) is 0 Å². The van der Waals surface area contributed by atoms with Crippen LogP contribution in [-0.4, -0.2) is 0 Å². The highest BCUT2D eigenvalue weighted by atomic mass is 15.5. The molecule has 12 heavy (non-hydrogen) atoms. The van der Waals surface area contributed by atoms with Crippen LogP contribution in [0.5, 0.6) is 0 Å². The van der Waals surface area contributed by atoms with Crippen LogP contribution in [0.15, 0.2) is 41.1 Å². The second-order valence-electron chi connectivity index (χ2n) is 2.65. The van der Waals surface area contributed by atoms with Gasteiger partial charge in [0, 0.05) is 5.56 Å². The lowest BCUT2D eigenvalue weighted by molar-refractivity contribution is 0.770. The lowest BCUT2D eigenvalue weighted by Gasteiger charge is -1.93. The van der Waals surface area contributed by atoms with Gasteiger partial charge in [0.2, 0.25) is 0 Å². The van der Waals surface area contributed by atoms with Crippen LogP contribution in [0.25, 0.3) is 5.70 Å². The molecule has 0 saturated heterocycles. The number of nitrogens with zero attached hydrogens (tertiary/aromatic N) is 2. The first kappa shape index (κ1) is 7.03. The maximum absolute atomic E-state index is 3.98. The van der Waals surface area contributed by atoms with Crippen molar-refractivity contribution in [1.29, 1.82) is 0 Å². The Bertz CT molecular complexity index is 338. The Balaban J connectivity index is 2.44. The van der Waals surface area contributed by atoms with Crippen LogP contribution >= 0.6 is 0 Å². The van der Waals surface area contributed by atoms with Crippen LogP contribution in [0.1, 0.15) is 12.5 Å². The van der Waals surface area contributed by atoms with Gasteiger partial charge in [0.1, 0.15) is 10.8 Å². The number of hydrogen-bond acceptors (Lipinski definition) is 3. The van der Waals surface area contributed by atoms with E-state index in [2.05, 4.69) is 15.8 Å². The van der Waals surface area contributed by atoms with Gasteiger partial charge in [-0.3, -0.25) is 0 Å². The fraction of sp³-hybridized carbons (Fsp3) is 0.111. The number of allylic oxidation sites excluding steroid dienone is 1. The van der Waals surface area contributed by atoms with Crippen LogP contribution in [-0.2, 0) is 0 Å². The van der Waals surface area contributed by atoms with Crippen molar-refractivity contribution < 1.29 is 0 Å². The molecule has 1 heterocycles. The van der Waals surface area contributed by atoms with Gasteiger partial charge in [-0.15, -0.1) is 0 Å². The normalized spacial score (nSPS) is 15.1. The van der Waals surface area contributed by atoms with Gasteiger partial charge in [-0.05, 0) is 6.92 Å². The molecule has 2 rings (SSSR count). The Labute approximate surface area is 70.8 Å². The first-order chi connectivity index (χ1) is 5.88. The Morgan fingerprint density at radius 1 is 1.25 bits per heavy atom. The summed E-state index contributed by atoms with van der Waals surface area (Å²) >= 11 is 0. The van der Waals surface area contributed by atoms with E-state index in [1.807, 2.05) is 37.3 Å². The molecule has 0 aliphatic carbocycles. The molecule has 3 heteroatoms. The zero-order valence-corrected chi connectivity index (χ0v) is 6.78. The number of nitrogens with one attached hydrogen (secondary N) is 1. The molecule has 1 aliphatic heterocycles. The van der Waals surface area contributed by atoms with E-state index in [-0.39, 0.29) is 0 Å². The molecule has 0 bridgehead atoms. The van der Waals surface area contributed by atoms with Crippen LogP contribution in [0.3, 0.4) is 0 Å². The molecule has 0 atom stereocenters. The maximum Gasteiger partial charge on any atom is 0.330 e. The lowest BCUT2D eigenvalue weighted by Crippen LogP contribution is -2.05. The average molecular weight is 159 g/mol. The van der Waals surface area contributed by atoms with E-state index in [1.54, 1.807) is 0 Å². The summed E-state index contributed by atoms with van der Waals surface area (Å²) in [7, 11) is 0. The van der Waals surface area contributed by atoms with Crippen LogP contribution in [0, 0.1) is 0 Å². The lowest BCUT2D eigenvalue weighted by atomic mass is 10.1. The van der Waals surface area contributed by atoms with Crippen LogP contribution < -0.4 is 10.6 Å². The van der Waals surface area contributed by atoms with Crippen molar-refractivity contribution in [2.24, 2.45) is 5.11 Å². The fourth-order valence-electron chi connectivity index (χ4n) is 1.15. The van der Waals surface area contributed by atoms with E-state index < -0.39 is 0 Å². The molecule has 0 aromatic heterocycles. The fourth-order valence-corrected chi connectivity index (χ4v) is 1.15. The van der Waals surface area contributed by atoms with Crippen molar-refractivity contribution in [2.75, 3.05) is 0 Å². The van der Waals surface area contributed by atoms with Gasteiger partial charge in [-0.1, -0.05) is 35.8 Å². The number of hydrogen-bond donors (Lipinski definition) is 1. The zero-order valence-electron chi connectivity index (χ0n) is 6.78. The van der Waals surface area contributed by atoms with Gasteiger partial charge in [0.15, 0.2) is 5.70 Å². The largest absolute Gasteiger partial charge is 0.330 e. The van der Waals surface area contributed by atoms with Gasteiger partial charge in [-0.2, -0.15) is 0 Å². The van der Waals surface area contributed by atoms with Crippen molar-refractivity contribution >= 4 is 5.70 Å². The Morgan fingerprint density at radius 2 is 2.00 bits per heavy atom. The van der Waals surface area contributed by atoms with E-state index in [0.717, 1.165) is 17.0 Å². The summed E-state index contributed by atoms with van der Waals surface area (Å²) in [5.41, 5.74) is 5.83. The standard InChI is InChI=1S/C9H9N3/c1-7-9(11-12-10-7)8-5-3-2-4-6-8/h2-6H,1H3,(H,10,11)/q+1. The molecular formula is C9H9N3+. The minimum atomic E-state index is 0.926. The molecule has 3 nitrogen and oxygen atoms in total. The quantitative estimate of drug-likeness (QED) is 0.665. The van der Waals surface area contributed by atoms with E-state index in [4.69, 9.17) is 0 Å². The molecule has 59 valence electrons. The molecule has 0 fully saturated rings. The van der Waals surface area contributed by atoms with E-state index in [9.17, 15) is 0 Å². The first-order valence-electron chi connectivity index (χ1n) is 3.81. The molecule has 1 aromatic rings. The number of benzene rings is 1. The molecule has 1 N–H and O–H groups in total. The van der Waals surface area contributed by atoms with E-state index in [0.29, 0.717) is 0 Å². The maximum atomic E-state index is 3.98. The number of rotatable bonds is 1. The van der Waals surface area contributed by atoms with Gasteiger partial charge in [0.25, 0.3) is 0 Å². The second-order valence-corrected chi connectivity index (χ2v) is 2.65. The molecule has 0 spiro atoms. The van der Waals surface area contributed by atoms with Crippen molar-refractivity contribution in [1.82, 2.24) is 10.6 Å².